The number of ether oxygens (including phenoxy) is 1. The molecule has 2 heterocycles. The summed E-state index contributed by atoms with van der Waals surface area (Å²) < 4.78 is 5.64. The Hall–Kier alpha value is -1.14. The van der Waals surface area contributed by atoms with Crippen molar-refractivity contribution < 1.29 is 14.9 Å². The summed E-state index contributed by atoms with van der Waals surface area (Å²) in [4.78, 5) is 27.2. The lowest BCUT2D eigenvalue weighted by Gasteiger charge is -2.18. The Morgan fingerprint density at radius 3 is 2.57 bits per heavy atom. The van der Waals surface area contributed by atoms with Crippen LogP contribution in [0.5, 0.6) is 0 Å². The molecule has 8 heteroatoms. The van der Waals surface area contributed by atoms with Gasteiger partial charge >= 0.3 is 5.69 Å². The van der Waals surface area contributed by atoms with Gasteiger partial charge in [0.05, 0.1) is 11.7 Å². The molecule has 0 radical (unpaired) electrons. The summed E-state index contributed by atoms with van der Waals surface area (Å²) in [5.74, 6) is 0. The number of aliphatic hydroxyl groups excluding tert-OH is 2. The van der Waals surface area contributed by atoms with Crippen molar-refractivity contribution in [2.45, 2.75) is 30.8 Å². The molecule has 1 aromatic heterocycles. The SMILES string of the molecule is C=P(C)(C)CC[C@H]1OC(c2c[nH]c(=O)[nH]c2=O)[C@H](O)[C@@H]1O. The van der Waals surface area contributed by atoms with Gasteiger partial charge in [0.2, 0.25) is 0 Å². The molecule has 0 aromatic carbocycles. The highest BCUT2D eigenvalue weighted by Gasteiger charge is 2.44. The topological polar surface area (TPSA) is 115 Å². The zero-order chi connectivity index (χ0) is 15.8. The maximum absolute atomic E-state index is 11.8. The second kappa shape index (κ2) is 5.93. The Kier molecular flexibility index (Phi) is 4.58. The molecule has 0 saturated carbocycles. The zero-order valence-corrected chi connectivity index (χ0v) is 13.0. The van der Waals surface area contributed by atoms with Crippen LogP contribution in [0.2, 0.25) is 0 Å². The fourth-order valence-electron chi connectivity index (χ4n) is 2.35. The van der Waals surface area contributed by atoms with Crippen LogP contribution >= 0.6 is 6.89 Å². The molecular formula is C13H21N2O5P. The maximum Gasteiger partial charge on any atom is 0.325 e. The van der Waals surface area contributed by atoms with E-state index in [2.05, 4.69) is 29.6 Å². The van der Waals surface area contributed by atoms with Gasteiger partial charge in [-0.05, 0) is 25.9 Å². The van der Waals surface area contributed by atoms with Crippen molar-refractivity contribution in [2.75, 3.05) is 19.5 Å². The van der Waals surface area contributed by atoms with Crippen LogP contribution in [-0.2, 0) is 4.74 Å². The standard InChI is InChI=1S/C13H21N2O5P/c1-21(2,3)5-4-8-9(16)10(17)11(20-8)7-6-14-13(19)15-12(7)18/h6,8-11,16-17H,1,4-5H2,2-3H3,(H2,14,15,18,19)/t8-,9-,10-,11?/m1/s1. The van der Waals surface area contributed by atoms with Crippen molar-refractivity contribution in [1.29, 1.82) is 0 Å². The van der Waals surface area contributed by atoms with E-state index in [-0.39, 0.29) is 5.56 Å². The second-order valence-corrected chi connectivity index (χ2v) is 10.4. The van der Waals surface area contributed by atoms with E-state index in [1.54, 1.807) is 0 Å². The van der Waals surface area contributed by atoms with E-state index >= 15 is 0 Å². The summed E-state index contributed by atoms with van der Waals surface area (Å²) in [5.41, 5.74) is -1.15. The molecule has 4 N–H and O–H groups in total. The summed E-state index contributed by atoms with van der Waals surface area (Å²) in [6, 6.07) is 0. The highest BCUT2D eigenvalue weighted by atomic mass is 31.2. The Morgan fingerprint density at radius 2 is 2.00 bits per heavy atom. The molecule has 21 heavy (non-hydrogen) atoms. The molecule has 0 spiro atoms. The first-order valence-electron chi connectivity index (χ1n) is 6.70. The Bertz CT molecular complexity index is 661. The minimum absolute atomic E-state index is 0.104. The van der Waals surface area contributed by atoms with Gasteiger partial charge in [0.15, 0.2) is 0 Å². The lowest BCUT2D eigenvalue weighted by molar-refractivity contribution is 0.00513. The minimum Gasteiger partial charge on any atom is -0.388 e. The largest absolute Gasteiger partial charge is 0.388 e. The molecule has 1 saturated heterocycles. The van der Waals surface area contributed by atoms with Crippen LogP contribution in [0.4, 0.5) is 0 Å². The molecule has 1 unspecified atom stereocenters. The van der Waals surface area contributed by atoms with Crippen molar-refractivity contribution in [3.63, 3.8) is 0 Å². The van der Waals surface area contributed by atoms with E-state index < -0.39 is 42.6 Å². The summed E-state index contributed by atoms with van der Waals surface area (Å²) in [7, 11) is 0. The third-order valence-electron chi connectivity index (χ3n) is 3.54. The Labute approximate surface area is 122 Å². The van der Waals surface area contributed by atoms with Crippen LogP contribution in [0.1, 0.15) is 18.1 Å². The van der Waals surface area contributed by atoms with E-state index in [4.69, 9.17) is 4.74 Å². The van der Waals surface area contributed by atoms with Gasteiger partial charge < -0.3 is 19.9 Å². The zero-order valence-electron chi connectivity index (χ0n) is 12.1. The fraction of sp³-hybridized carbons (Fsp3) is 0.615. The van der Waals surface area contributed by atoms with Crippen molar-refractivity contribution >= 4 is 13.2 Å². The molecule has 1 aliphatic rings. The lowest BCUT2D eigenvalue weighted by Crippen LogP contribution is -2.33. The first-order valence-corrected chi connectivity index (χ1v) is 9.75. The van der Waals surface area contributed by atoms with Crippen LogP contribution in [0, 0.1) is 0 Å². The molecule has 0 bridgehead atoms. The normalized spacial score (nSPS) is 29.7. The molecular weight excluding hydrogens is 295 g/mol. The molecule has 2 rings (SSSR count). The van der Waals surface area contributed by atoms with Gasteiger partial charge in [-0.25, -0.2) is 4.79 Å². The Balaban J connectivity index is 2.18. The predicted molar refractivity (Wildman–Crippen MR) is 82.7 cm³/mol. The number of hydrogen-bond donors (Lipinski definition) is 4. The number of rotatable bonds is 4. The van der Waals surface area contributed by atoms with Crippen molar-refractivity contribution in [3.05, 3.63) is 32.6 Å². The highest BCUT2D eigenvalue weighted by Crippen LogP contribution is 2.40. The molecule has 1 aliphatic heterocycles. The van der Waals surface area contributed by atoms with E-state index in [1.807, 2.05) is 0 Å². The fourth-order valence-corrected chi connectivity index (χ4v) is 3.31. The van der Waals surface area contributed by atoms with Crippen molar-refractivity contribution in [1.82, 2.24) is 9.97 Å². The van der Waals surface area contributed by atoms with E-state index in [1.165, 1.54) is 6.20 Å². The molecule has 0 aliphatic carbocycles. The molecule has 7 nitrogen and oxygen atoms in total. The monoisotopic (exact) mass is 316 g/mol. The highest BCUT2D eigenvalue weighted by molar-refractivity contribution is 7.72. The van der Waals surface area contributed by atoms with Crippen LogP contribution in [0.25, 0.3) is 0 Å². The van der Waals surface area contributed by atoms with Gasteiger partial charge in [0, 0.05) is 6.20 Å². The number of nitrogens with one attached hydrogen (secondary N) is 2. The summed E-state index contributed by atoms with van der Waals surface area (Å²) in [6.07, 6.45) is 2.93. The first-order chi connectivity index (χ1) is 9.69. The van der Waals surface area contributed by atoms with Gasteiger partial charge in [-0.1, -0.05) is 0 Å². The van der Waals surface area contributed by atoms with E-state index in [9.17, 15) is 19.8 Å². The van der Waals surface area contributed by atoms with E-state index in [0.29, 0.717) is 6.42 Å². The third kappa shape index (κ3) is 3.74. The van der Waals surface area contributed by atoms with Gasteiger partial charge in [0.1, 0.15) is 18.3 Å². The lowest BCUT2D eigenvalue weighted by atomic mass is 10.0. The summed E-state index contributed by atoms with van der Waals surface area (Å²) in [5, 5.41) is 20.1. The van der Waals surface area contributed by atoms with Gasteiger partial charge in [0.25, 0.3) is 5.56 Å². The average Bonchev–Trinajstić information content (AvgIpc) is 2.64. The number of aliphatic hydroxyl groups is 2. The van der Waals surface area contributed by atoms with Crippen LogP contribution in [0.3, 0.4) is 0 Å². The first kappa shape index (κ1) is 16.2. The van der Waals surface area contributed by atoms with Gasteiger partial charge in [-0.15, -0.1) is 13.2 Å². The van der Waals surface area contributed by atoms with Crippen LogP contribution in [-0.4, -0.2) is 64.3 Å². The molecule has 118 valence electrons. The molecule has 4 atom stereocenters. The number of H-pyrrole nitrogens is 2. The summed E-state index contributed by atoms with van der Waals surface area (Å²) in [6.45, 7) is 2.90. The number of hydrogen-bond acceptors (Lipinski definition) is 5. The van der Waals surface area contributed by atoms with Crippen molar-refractivity contribution in [2.24, 2.45) is 0 Å². The van der Waals surface area contributed by atoms with Crippen LogP contribution < -0.4 is 11.2 Å². The maximum atomic E-state index is 11.8. The number of aromatic amines is 2. The van der Waals surface area contributed by atoms with Gasteiger partial charge in [-0.2, -0.15) is 0 Å². The quantitative estimate of drug-likeness (QED) is 0.550. The third-order valence-corrected chi connectivity index (χ3v) is 5.00. The summed E-state index contributed by atoms with van der Waals surface area (Å²) >= 11 is 0. The Morgan fingerprint density at radius 1 is 1.33 bits per heavy atom. The smallest absolute Gasteiger partial charge is 0.325 e. The van der Waals surface area contributed by atoms with Crippen molar-refractivity contribution in [3.8, 4) is 0 Å². The van der Waals surface area contributed by atoms with Crippen LogP contribution in [0.15, 0.2) is 15.8 Å². The molecule has 1 fully saturated rings. The minimum atomic E-state index is -1.26. The second-order valence-electron chi connectivity index (χ2n) is 6.05. The van der Waals surface area contributed by atoms with Gasteiger partial charge in [-0.3, -0.25) is 9.78 Å². The number of aromatic nitrogens is 2. The molecule has 1 aromatic rings. The average molecular weight is 316 g/mol. The molecule has 0 amide bonds. The predicted octanol–water partition coefficient (Wildman–Crippen LogP) is -0.676. The van der Waals surface area contributed by atoms with E-state index in [0.717, 1.165) is 6.16 Å².